The molecule has 0 spiro atoms. The first-order valence-corrected chi connectivity index (χ1v) is 7.88. The zero-order chi connectivity index (χ0) is 18.2. The fourth-order valence-electron chi connectivity index (χ4n) is 3.24. The molecule has 1 heterocycles. The number of fused-ring (bicyclic) bond motifs is 1. The first kappa shape index (κ1) is 16.9. The first-order chi connectivity index (χ1) is 11.9. The van der Waals surface area contributed by atoms with Crippen LogP contribution < -0.4 is 10.6 Å². The van der Waals surface area contributed by atoms with E-state index in [4.69, 9.17) is 5.73 Å². The van der Waals surface area contributed by atoms with E-state index in [1.165, 1.54) is 6.92 Å². The number of anilines is 1. The summed E-state index contributed by atoms with van der Waals surface area (Å²) in [5, 5.41) is 11.2. The summed E-state index contributed by atoms with van der Waals surface area (Å²) in [6.07, 6.45) is 0. The minimum absolute atomic E-state index is 0.304. The molecule has 2 unspecified atom stereocenters. The Balaban J connectivity index is 2.06. The van der Waals surface area contributed by atoms with Crippen molar-refractivity contribution in [1.82, 2.24) is 0 Å². The van der Waals surface area contributed by atoms with Crippen LogP contribution in [0.3, 0.4) is 0 Å². The number of nitrogens with two attached hydrogens (primary N) is 1. The van der Waals surface area contributed by atoms with Gasteiger partial charge in [0.15, 0.2) is 11.4 Å². The predicted octanol–water partition coefficient (Wildman–Crippen LogP) is 1.23. The lowest BCUT2D eigenvalue weighted by Gasteiger charge is -2.28. The highest BCUT2D eigenvalue weighted by molar-refractivity contribution is 6.13. The molecule has 1 aliphatic rings. The number of hydrogen-bond donors (Lipinski definition) is 2. The van der Waals surface area contributed by atoms with Gasteiger partial charge in [0.1, 0.15) is 6.54 Å². The van der Waals surface area contributed by atoms with Crippen molar-refractivity contribution >= 4 is 23.3 Å². The van der Waals surface area contributed by atoms with Crippen molar-refractivity contribution in [2.45, 2.75) is 12.5 Å². The molecule has 2 aromatic rings. The van der Waals surface area contributed by atoms with Gasteiger partial charge in [0.2, 0.25) is 5.91 Å². The lowest BCUT2D eigenvalue weighted by atomic mass is 9.79. The van der Waals surface area contributed by atoms with Crippen LogP contribution in [0.15, 0.2) is 54.6 Å². The molecule has 0 bridgehead atoms. The van der Waals surface area contributed by atoms with Crippen molar-refractivity contribution in [1.29, 1.82) is 0 Å². The Morgan fingerprint density at radius 2 is 1.72 bits per heavy atom. The predicted molar refractivity (Wildman–Crippen MR) is 91.8 cm³/mol. The summed E-state index contributed by atoms with van der Waals surface area (Å²) in [5.74, 6) is -2.80. The molecule has 0 saturated heterocycles. The third-order valence-electron chi connectivity index (χ3n) is 4.57. The topological polar surface area (TPSA) is 101 Å². The van der Waals surface area contributed by atoms with Crippen molar-refractivity contribution in [3.8, 4) is 0 Å². The zero-order valence-corrected chi connectivity index (χ0v) is 13.7. The molecule has 2 aromatic carbocycles. The molecule has 0 fully saturated rings. The molecule has 128 valence electrons. The largest absolute Gasteiger partial charge is 0.375 e. The molecule has 0 radical (unpaired) electrons. The average molecular weight is 338 g/mol. The Morgan fingerprint density at radius 1 is 1.12 bits per heavy atom. The number of carbonyl (C=O) groups excluding carboxylic acids is 3. The van der Waals surface area contributed by atoms with Gasteiger partial charge in [0, 0.05) is 11.1 Å². The molecule has 3 N–H and O–H groups in total. The van der Waals surface area contributed by atoms with E-state index in [1.54, 1.807) is 54.6 Å². The summed E-state index contributed by atoms with van der Waals surface area (Å²) in [5.41, 5.74) is 4.28. The summed E-state index contributed by atoms with van der Waals surface area (Å²) in [7, 11) is 0. The van der Waals surface area contributed by atoms with Crippen LogP contribution in [-0.4, -0.2) is 29.2 Å². The Hall–Kier alpha value is -2.99. The van der Waals surface area contributed by atoms with E-state index in [2.05, 4.69) is 0 Å². The molecule has 6 heteroatoms. The monoisotopic (exact) mass is 338 g/mol. The molecule has 3 rings (SSSR count). The van der Waals surface area contributed by atoms with Crippen molar-refractivity contribution in [3.05, 3.63) is 65.7 Å². The normalized spacial score (nSPS) is 20.2. The van der Waals surface area contributed by atoms with Crippen molar-refractivity contribution in [2.75, 3.05) is 11.4 Å². The molecule has 0 aliphatic carbocycles. The number of amides is 2. The molecule has 1 aliphatic heterocycles. The van der Waals surface area contributed by atoms with Gasteiger partial charge in [-0.25, -0.2) is 0 Å². The van der Waals surface area contributed by atoms with E-state index in [0.717, 1.165) is 4.90 Å². The van der Waals surface area contributed by atoms with Gasteiger partial charge < -0.3 is 10.8 Å². The summed E-state index contributed by atoms with van der Waals surface area (Å²) in [6.45, 7) is 1.15. The summed E-state index contributed by atoms with van der Waals surface area (Å²) in [6, 6.07) is 15.0. The van der Waals surface area contributed by atoms with Gasteiger partial charge in [0.05, 0.1) is 11.6 Å². The van der Waals surface area contributed by atoms with Gasteiger partial charge in [-0.15, -0.1) is 0 Å². The van der Waals surface area contributed by atoms with Crippen LogP contribution in [-0.2, 0) is 15.2 Å². The highest BCUT2D eigenvalue weighted by Gasteiger charge is 2.55. The van der Waals surface area contributed by atoms with Gasteiger partial charge in [-0.3, -0.25) is 19.3 Å². The van der Waals surface area contributed by atoms with Crippen molar-refractivity contribution in [2.24, 2.45) is 11.7 Å². The minimum atomic E-state index is -2.04. The summed E-state index contributed by atoms with van der Waals surface area (Å²) < 4.78 is 0. The zero-order valence-electron chi connectivity index (χ0n) is 13.7. The molecular weight excluding hydrogens is 320 g/mol. The van der Waals surface area contributed by atoms with Crippen LogP contribution in [0.5, 0.6) is 0 Å². The second kappa shape index (κ2) is 6.14. The number of ketones is 1. The van der Waals surface area contributed by atoms with Crippen LogP contribution >= 0.6 is 0 Å². The lowest BCUT2D eigenvalue weighted by Crippen LogP contribution is -2.49. The maximum absolute atomic E-state index is 12.9. The second-order valence-electron chi connectivity index (χ2n) is 6.09. The van der Waals surface area contributed by atoms with Crippen LogP contribution in [0.1, 0.15) is 22.8 Å². The van der Waals surface area contributed by atoms with E-state index in [0.29, 0.717) is 16.8 Å². The van der Waals surface area contributed by atoms with E-state index >= 15 is 0 Å². The van der Waals surface area contributed by atoms with Crippen molar-refractivity contribution in [3.63, 3.8) is 0 Å². The summed E-state index contributed by atoms with van der Waals surface area (Å²) in [4.78, 5) is 38.2. The maximum atomic E-state index is 12.9. The lowest BCUT2D eigenvalue weighted by molar-refractivity contribution is -0.140. The van der Waals surface area contributed by atoms with E-state index in [1.807, 2.05) is 0 Å². The Kier molecular flexibility index (Phi) is 4.14. The molecule has 0 aromatic heterocycles. The molecule has 2 atom stereocenters. The Morgan fingerprint density at radius 3 is 2.36 bits per heavy atom. The highest BCUT2D eigenvalue weighted by Crippen LogP contribution is 2.45. The van der Waals surface area contributed by atoms with Gasteiger partial charge >= 0.3 is 0 Å². The maximum Gasteiger partial charge on any atom is 0.264 e. The quantitative estimate of drug-likeness (QED) is 0.801. The average Bonchev–Trinajstić information content (AvgIpc) is 2.84. The minimum Gasteiger partial charge on any atom is -0.375 e. The number of carbonyl (C=O) groups is 3. The number of rotatable bonds is 5. The number of aliphatic hydroxyl groups is 1. The van der Waals surface area contributed by atoms with Crippen LogP contribution in [0.25, 0.3) is 0 Å². The fourth-order valence-corrected chi connectivity index (χ4v) is 3.24. The third-order valence-corrected chi connectivity index (χ3v) is 4.57. The Labute approximate surface area is 144 Å². The standard InChI is InChI=1S/C19H18N2O4/c1-12(17(23)13-7-3-2-4-8-13)19(25)14-9-5-6-10-15(14)21(18(19)24)11-16(20)22/h2-10,12,25H,11H2,1H3,(H2,20,22). The molecule has 6 nitrogen and oxygen atoms in total. The van der Waals surface area contributed by atoms with Gasteiger partial charge in [-0.05, 0) is 6.07 Å². The number of Topliss-reactive ketones (excluding diaryl/α,β-unsaturated/α-hetero) is 1. The van der Waals surface area contributed by atoms with Crippen LogP contribution in [0.4, 0.5) is 5.69 Å². The number of para-hydroxylation sites is 1. The molecule has 2 amide bonds. The second-order valence-corrected chi connectivity index (χ2v) is 6.09. The van der Waals surface area contributed by atoms with Crippen molar-refractivity contribution < 1.29 is 19.5 Å². The van der Waals surface area contributed by atoms with E-state index in [9.17, 15) is 19.5 Å². The molecule has 0 saturated carbocycles. The van der Waals surface area contributed by atoms with E-state index < -0.39 is 23.3 Å². The highest BCUT2D eigenvalue weighted by atomic mass is 16.3. The first-order valence-electron chi connectivity index (χ1n) is 7.88. The van der Waals surface area contributed by atoms with Crippen LogP contribution in [0, 0.1) is 5.92 Å². The summed E-state index contributed by atoms with van der Waals surface area (Å²) >= 11 is 0. The van der Waals surface area contributed by atoms with E-state index in [-0.39, 0.29) is 12.3 Å². The molecule has 25 heavy (non-hydrogen) atoms. The number of benzene rings is 2. The van der Waals surface area contributed by atoms with Gasteiger partial charge in [-0.1, -0.05) is 55.5 Å². The third kappa shape index (κ3) is 2.60. The number of primary amides is 1. The van der Waals surface area contributed by atoms with Gasteiger partial charge in [-0.2, -0.15) is 0 Å². The van der Waals surface area contributed by atoms with Gasteiger partial charge in [0.25, 0.3) is 5.91 Å². The SMILES string of the molecule is CC(C(=O)c1ccccc1)C1(O)C(=O)N(CC(N)=O)c2ccccc21. The molecular formula is C19H18N2O4. The smallest absolute Gasteiger partial charge is 0.264 e. The Bertz CT molecular complexity index is 850. The number of nitrogens with zero attached hydrogens (tertiary/aromatic N) is 1. The van der Waals surface area contributed by atoms with Crippen LogP contribution in [0.2, 0.25) is 0 Å². The fraction of sp³-hybridized carbons (Fsp3) is 0.211. The number of hydrogen-bond acceptors (Lipinski definition) is 4.